The molecule has 0 saturated heterocycles. The maximum Gasteiger partial charge on any atom is 0.328 e. The molecule has 0 bridgehead atoms. The molecular formula is C23H18ClNO5. The van der Waals surface area contributed by atoms with Gasteiger partial charge in [-0.2, -0.15) is 0 Å². The number of nitrogens with zero attached hydrogens (tertiary/aromatic N) is 1. The normalized spacial score (nSPS) is 10.9. The van der Waals surface area contributed by atoms with E-state index in [9.17, 15) is 14.4 Å². The number of hydrogen-bond acceptors (Lipinski definition) is 4. The molecule has 7 heteroatoms. The Labute approximate surface area is 177 Å². The van der Waals surface area contributed by atoms with Crippen molar-refractivity contribution in [2.45, 2.75) is 0 Å². The van der Waals surface area contributed by atoms with Crippen molar-refractivity contribution in [1.29, 1.82) is 0 Å². The molecule has 0 aliphatic rings. The lowest BCUT2D eigenvalue weighted by molar-refractivity contribution is -0.131. The van der Waals surface area contributed by atoms with E-state index in [-0.39, 0.29) is 11.3 Å². The minimum Gasteiger partial charge on any atom is -0.497 e. The molecule has 2 aromatic carbocycles. The first kappa shape index (κ1) is 21.1. The van der Waals surface area contributed by atoms with Gasteiger partial charge in [-0.3, -0.25) is 9.59 Å². The quantitative estimate of drug-likeness (QED) is 0.477. The number of ether oxygens (including phenoxy) is 1. The van der Waals surface area contributed by atoms with Crippen molar-refractivity contribution in [2.75, 3.05) is 7.11 Å². The van der Waals surface area contributed by atoms with Crippen molar-refractivity contribution in [3.63, 3.8) is 0 Å². The Kier molecular flexibility index (Phi) is 6.18. The molecule has 0 radical (unpaired) electrons. The first-order chi connectivity index (χ1) is 14.3. The smallest absolute Gasteiger partial charge is 0.328 e. The van der Waals surface area contributed by atoms with Crippen LogP contribution in [0.3, 0.4) is 0 Å². The first-order valence-electron chi connectivity index (χ1n) is 8.90. The fourth-order valence-corrected chi connectivity index (χ4v) is 3.12. The number of carbonyl (C=O) groups is 2. The van der Waals surface area contributed by atoms with Gasteiger partial charge in [0.05, 0.1) is 7.11 Å². The molecule has 0 saturated carbocycles. The predicted molar refractivity (Wildman–Crippen MR) is 115 cm³/mol. The number of methoxy groups -OCH3 is 1. The minimum atomic E-state index is -1.14. The zero-order chi connectivity index (χ0) is 21.8. The van der Waals surface area contributed by atoms with Gasteiger partial charge in [-0.25, -0.2) is 4.79 Å². The van der Waals surface area contributed by atoms with Crippen LogP contribution in [0.15, 0.2) is 65.6 Å². The monoisotopic (exact) mass is 423 g/mol. The van der Waals surface area contributed by atoms with Crippen molar-refractivity contribution in [3.05, 3.63) is 92.9 Å². The highest BCUT2D eigenvalue weighted by molar-refractivity contribution is 6.30. The second-order valence-electron chi connectivity index (χ2n) is 6.51. The SMILES string of the molecule is COc1ccc(-c2cn(C)c(=O)cc2C=CC(=O)O)c(C(=O)c2ccc(Cl)cc2)c1. The largest absolute Gasteiger partial charge is 0.497 e. The van der Waals surface area contributed by atoms with Crippen molar-refractivity contribution in [1.82, 2.24) is 4.57 Å². The molecule has 1 N–H and O–H groups in total. The zero-order valence-corrected chi connectivity index (χ0v) is 17.0. The number of aliphatic carboxylic acids is 1. The van der Waals surface area contributed by atoms with E-state index in [1.165, 1.54) is 23.8 Å². The summed E-state index contributed by atoms with van der Waals surface area (Å²) in [5, 5.41) is 9.50. The third-order valence-corrected chi connectivity index (χ3v) is 4.79. The number of halogens is 1. The first-order valence-corrected chi connectivity index (χ1v) is 9.28. The van der Waals surface area contributed by atoms with Crippen LogP contribution in [0.4, 0.5) is 0 Å². The van der Waals surface area contributed by atoms with E-state index in [1.54, 1.807) is 55.7 Å². The Balaban J connectivity index is 2.25. The molecule has 0 amide bonds. The summed E-state index contributed by atoms with van der Waals surface area (Å²) in [5.41, 5.74) is 1.94. The maximum absolute atomic E-state index is 13.3. The van der Waals surface area contributed by atoms with Crippen LogP contribution >= 0.6 is 11.6 Å². The molecular weight excluding hydrogens is 406 g/mol. The average molecular weight is 424 g/mol. The van der Waals surface area contributed by atoms with Crippen LogP contribution in [0.1, 0.15) is 21.5 Å². The number of carboxylic acids is 1. The number of aromatic nitrogens is 1. The van der Waals surface area contributed by atoms with Crippen molar-refractivity contribution in [3.8, 4) is 16.9 Å². The molecule has 1 heterocycles. The molecule has 0 aliphatic heterocycles. The van der Waals surface area contributed by atoms with Crippen molar-refractivity contribution in [2.24, 2.45) is 7.05 Å². The molecule has 30 heavy (non-hydrogen) atoms. The van der Waals surface area contributed by atoms with Crippen LogP contribution in [0, 0.1) is 0 Å². The van der Waals surface area contributed by atoms with E-state index < -0.39 is 5.97 Å². The molecule has 1 aromatic heterocycles. The van der Waals surface area contributed by atoms with Crippen LogP contribution in [-0.2, 0) is 11.8 Å². The molecule has 0 unspecified atom stereocenters. The Morgan fingerprint density at radius 1 is 1.07 bits per heavy atom. The minimum absolute atomic E-state index is 0.261. The van der Waals surface area contributed by atoms with Crippen LogP contribution in [0.5, 0.6) is 5.75 Å². The summed E-state index contributed by atoms with van der Waals surface area (Å²) in [4.78, 5) is 36.4. The van der Waals surface area contributed by atoms with Crippen molar-refractivity contribution < 1.29 is 19.4 Å². The van der Waals surface area contributed by atoms with E-state index in [4.69, 9.17) is 21.4 Å². The van der Waals surface area contributed by atoms with E-state index in [2.05, 4.69) is 0 Å². The van der Waals surface area contributed by atoms with Gasteiger partial charge in [-0.15, -0.1) is 0 Å². The molecule has 152 valence electrons. The summed E-state index contributed by atoms with van der Waals surface area (Å²) in [6.45, 7) is 0. The third kappa shape index (κ3) is 4.50. The third-order valence-electron chi connectivity index (χ3n) is 4.53. The standard InChI is InChI=1S/C23H18ClNO5/c1-25-13-20(15(11-21(25)26)5-10-22(27)28)18-9-8-17(30-2)12-19(18)23(29)14-3-6-16(24)7-4-14/h3-13H,1-2H3,(H,27,28). The fraction of sp³-hybridized carbons (Fsp3) is 0.0870. The highest BCUT2D eigenvalue weighted by Gasteiger charge is 2.18. The van der Waals surface area contributed by atoms with Crippen LogP contribution in [0.25, 0.3) is 17.2 Å². The van der Waals surface area contributed by atoms with E-state index >= 15 is 0 Å². The fourth-order valence-electron chi connectivity index (χ4n) is 3.00. The zero-order valence-electron chi connectivity index (χ0n) is 16.3. The Morgan fingerprint density at radius 2 is 1.77 bits per heavy atom. The molecule has 6 nitrogen and oxygen atoms in total. The van der Waals surface area contributed by atoms with Gasteiger partial charge in [-0.1, -0.05) is 11.6 Å². The summed E-state index contributed by atoms with van der Waals surface area (Å²) in [6.07, 6.45) is 3.85. The lowest BCUT2D eigenvalue weighted by Gasteiger charge is -2.14. The lowest BCUT2D eigenvalue weighted by Crippen LogP contribution is -2.16. The number of carbonyl (C=O) groups excluding carboxylic acids is 1. The van der Waals surface area contributed by atoms with E-state index in [0.717, 1.165) is 6.08 Å². The number of carboxylic acid groups (broad SMARTS) is 1. The maximum atomic E-state index is 13.3. The Bertz CT molecular complexity index is 1210. The van der Waals surface area contributed by atoms with Crippen LogP contribution in [0.2, 0.25) is 5.02 Å². The second-order valence-corrected chi connectivity index (χ2v) is 6.95. The molecule has 3 aromatic rings. The topological polar surface area (TPSA) is 85.6 Å². The molecule has 0 spiro atoms. The van der Waals surface area contributed by atoms with E-state index in [1.807, 2.05) is 0 Å². The number of ketones is 1. The van der Waals surface area contributed by atoms with Gasteiger partial charge < -0.3 is 14.4 Å². The van der Waals surface area contributed by atoms with Crippen LogP contribution < -0.4 is 10.3 Å². The lowest BCUT2D eigenvalue weighted by atomic mass is 9.92. The van der Waals surface area contributed by atoms with Gasteiger partial charge >= 0.3 is 5.97 Å². The van der Waals surface area contributed by atoms with Crippen LogP contribution in [-0.4, -0.2) is 28.5 Å². The summed E-state index contributed by atoms with van der Waals surface area (Å²) in [6, 6.07) is 12.9. The summed E-state index contributed by atoms with van der Waals surface area (Å²) >= 11 is 5.93. The number of pyridine rings is 1. The molecule has 3 rings (SSSR count). The number of hydrogen-bond donors (Lipinski definition) is 1. The Hall–Kier alpha value is -3.64. The van der Waals surface area contributed by atoms with Gasteiger partial charge in [0, 0.05) is 47.1 Å². The number of rotatable bonds is 6. The highest BCUT2D eigenvalue weighted by atomic mass is 35.5. The van der Waals surface area contributed by atoms with E-state index in [0.29, 0.717) is 38.6 Å². The molecule has 0 fully saturated rings. The second kappa shape index (κ2) is 8.80. The molecule has 0 aliphatic carbocycles. The number of aryl methyl sites for hydroxylation is 1. The van der Waals surface area contributed by atoms with Gasteiger partial charge in [-0.05, 0) is 59.7 Å². The summed E-state index contributed by atoms with van der Waals surface area (Å²) in [7, 11) is 3.08. The summed E-state index contributed by atoms with van der Waals surface area (Å²) < 4.78 is 6.65. The number of benzene rings is 2. The van der Waals surface area contributed by atoms with Crippen molar-refractivity contribution >= 4 is 29.4 Å². The van der Waals surface area contributed by atoms with Gasteiger partial charge in [0.25, 0.3) is 5.56 Å². The Morgan fingerprint density at radius 3 is 2.40 bits per heavy atom. The van der Waals surface area contributed by atoms with Gasteiger partial charge in [0.15, 0.2) is 5.78 Å². The molecule has 0 atom stereocenters. The van der Waals surface area contributed by atoms with Gasteiger partial charge in [0.1, 0.15) is 5.75 Å². The average Bonchev–Trinajstić information content (AvgIpc) is 2.74. The summed E-state index contributed by atoms with van der Waals surface area (Å²) in [5.74, 6) is -0.917. The van der Waals surface area contributed by atoms with Gasteiger partial charge in [0.2, 0.25) is 0 Å². The highest BCUT2D eigenvalue weighted by Crippen LogP contribution is 2.32. The predicted octanol–water partition coefficient (Wildman–Crippen LogP) is 4.04.